The number of benzene rings is 4. The van der Waals surface area contributed by atoms with Crippen LogP contribution in [0.5, 0.6) is 46.0 Å². The first kappa shape index (κ1) is 50.3. The van der Waals surface area contributed by atoms with Crippen LogP contribution in [-0.2, 0) is 25.7 Å². The predicted octanol–water partition coefficient (Wildman–Crippen LogP) is 13.9. The van der Waals surface area contributed by atoms with Gasteiger partial charge in [-0.25, -0.2) is 0 Å². The zero-order valence-electron chi connectivity index (χ0n) is 41.7. The van der Waals surface area contributed by atoms with Gasteiger partial charge in [0.05, 0.1) is 52.9 Å². The number of rotatable bonds is 24. The molecule has 0 fully saturated rings. The van der Waals surface area contributed by atoms with Crippen molar-refractivity contribution >= 4 is 0 Å². The molecule has 8 nitrogen and oxygen atoms in total. The first-order chi connectivity index (χ1) is 31.1. The summed E-state index contributed by atoms with van der Waals surface area (Å²) in [6, 6.07) is 9.31. The molecule has 5 rings (SSSR count). The highest BCUT2D eigenvalue weighted by molar-refractivity contribution is 5.65. The van der Waals surface area contributed by atoms with Crippen molar-refractivity contribution in [2.45, 2.75) is 160 Å². The average molecular weight is 881 g/mol. The van der Waals surface area contributed by atoms with Gasteiger partial charge in [0.25, 0.3) is 0 Å². The summed E-state index contributed by atoms with van der Waals surface area (Å²) in [5.41, 5.74) is 12.9. The van der Waals surface area contributed by atoms with Crippen LogP contribution in [0.4, 0.5) is 0 Å². The molecule has 0 atom stereocenters. The van der Waals surface area contributed by atoms with Crippen molar-refractivity contribution in [2.24, 2.45) is 0 Å². The van der Waals surface area contributed by atoms with Gasteiger partial charge in [0.2, 0.25) is 0 Å². The van der Waals surface area contributed by atoms with Crippen molar-refractivity contribution in [3.05, 3.63) is 91.0 Å². The second-order valence-corrected chi connectivity index (χ2v) is 17.4. The highest BCUT2D eigenvalue weighted by Gasteiger charge is 2.28. The van der Waals surface area contributed by atoms with E-state index in [2.05, 4.69) is 107 Å². The summed E-state index contributed by atoms with van der Waals surface area (Å²) in [5.74, 6) is 7.04. The molecule has 1 aliphatic carbocycles. The summed E-state index contributed by atoms with van der Waals surface area (Å²) >= 11 is 0. The van der Waals surface area contributed by atoms with Gasteiger partial charge in [-0.05, 0) is 148 Å². The minimum absolute atomic E-state index is 0.600. The molecule has 0 spiro atoms. The molecule has 4 aromatic carbocycles. The Labute approximate surface area is 386 Å². The lowest BCUT2D eigenvalue weighted by Crippen LogP contribution is -2.13. The van der Waals surface area contributed by atoms with Gasteiger partial charge in [-0.1, -0.05) is 55.4 Å². The molecule has 0 radical (unpaired) electrons. The van der Waals surface area contributed by atoms with Gasteiger partial charge in [0.1, 0.15) is 46.0 Å². The second-order valence-electron chi connectivity index (χ2n) is 17.4. The van der Waals surface area contributed by atoms with Crippen molar-refractivity contribution in [3.8, 4) is 46.0 Å². The number of ether oxygens (including phenoxy) is 8. The fraction of sp³-hybridized carbons (Fsp3) is 0.571. The Morgan fingerprint density at radius 1 is 0.250 bits per heavy atom. The molecule has 64 heavy (non-hydrogen) atoms. The highest BCUT2D eigenvalue weighted by Crippen LogP contribution is 2.47. The van der Waals surface area contributed by atoms with Crippen molar-refractivity contribution in [2.75, 3.05) is 52.9 Å². The third kappa shape index (κ3) is 11.9. The molecule has 8 heteroatoms. The molecule has 0 saturated carbocycles. The zero-order valence-corrected chi connectivity index (χ0v) is 41.7. The SMILES string of the molecule is CCCOc1c2cc(c(OCCC)c1C)Cc1cc(c(OCCC)c(C)c1OCCC)Cc1cc(c(OCCC)c(C)c1OCCC)Cc1cc(c(OCCC)c(C)c1OCCC)C2. The van der Waals surface area contributed by atoms with E-state index in [-0.39, 0.29) is 0 Å². The van der Waals surface area contributed by atoms with Crippen LogP contribution >= 0.6 is 0 Å². The van der Waals surface area contributed by atoms with Crippen LogP contribution in [-0.4, -0.2) is 52.9 Å². The van der Waals surface area contributed by atoms with E-state index in [9.17, 15) is 0 Å². The minimum Gasteiger partial charge on any atom is -0.493 e. The Kier molecular flexibility index (Phi) is 19.7. The standard InChI is InChI=1S/C56H80O8/c1-13-21-57-49-37(9)50(58-22-14-2)42-29-41(49)33-43-30-44(52(60-24-16-4)38(10)51(43)59-23-15-3)35-47-32-48(56(64-28-20-8)40(12)55(47)63-27-19-7)36-46-31-45(34-42)53(61-25-17-5)39(11)54(46)62-26-18-6/h29-32H,13-28,33-36H2,1-12H3. The number of hydrogen-bond donors (Lipinski definition) is 0. The first-order valence-electron chi connectivity index (χ1n) is 24.7. The normalized spacial score (nSPS) is 12.2. The maximum Gasteiger partial charge on any atom is 0.129 e. The van der Waals surface area contributed by atoms with E-state index in [1.807, 2.05) is 0 Å². The predicted molar refractivity (Wildman–Crippen MR) is 262 cm³/mol. The molecular formula is C56H80O8. The summed E-state index contributed by atoms with van der Waals surface area (Å²) < 4.78 is 53.9. The lowest BCUT2D eigenvalue weighted by Gasteiger charge is -2.26. The minimum atomic E-state index is 0.600. The summed E-state index contributed by atoms with van der Waals surface area (Å²) in [6.45, 7) is 30.7. The van der Waals surface area contributed by atoms with Crippen molar-refractivity contribution in [1.82, 2.24) is 0 Å². The fourth-order valence-corrected chi connectivity index (χ4v) is 8.82. The number of fused-ring (bicyclic) bond motifs is 8. The van der Waals surface area contributed by atoms with Crippen LogP contribution in [0.25, 0.3) is 0 Å². The summed E-state index contributed by atoms with van der Waals surface area (Å²) in [5, 5.41) is 0. The Balaban J connectivity index is 1.97. The van der Waals surface area contributed by atoms with Crippen LogP contribution in [0.3, 0.4) is 0 Å². The quantitative estimate of drug-likeness (QED) is 0.0607. The van der Waals surface area contributed by atoms with Crippen LogP contribution < -0.4 is 37.9 Å². The first-order valence-corrected chi connectivity index (χ1v) is 24.7. The van der Waals surface area contributed by atoms with Gasteiger partial charge in [-0.15, -0.1) is 0 Å². The van der Waals surface area contributed by atoms with Gasteiger partial charge >= 0.3 is 0 Å². The Bertz CT molecular complexity index is 1700. The third-order valence-corrected chi connectivity index (χ3v) is 11.6. The highest BCUT2D eigenvalue weighted by atomic mass is 16.5. The Hall–Kier alpha value is -4.72. The topological polar surface area (TPSA) is 73.8 Å². The lowest BCUT2D eigenvalue weighted by atomic mass is 9.88. The van der Waals surface area contributed by atoms with Crippen molar-refractivity contribution in [3.63, 3.8) is 0 Å². The van der Waals surface area contributed by atoms with E-state index in [4.69, 9.17) is 37.9 Å². The fourth-order valence-electron chi connectivity index (χ4n) is 8.82. The van der Waals surface area contributed by atoms with E-state index in [1.165, 1.54) is 0 Å². The molecule has 0 saturated heterocycles. The molecule has 0 heterocycles. The lowest BCUT2D eigenvalue weighted by molar-refractivity contribution is 0.290. The van der Waals surface area contributed by atoms with Gasteiger partial charge in [0, 0.05) is 47.9 Å². The van der Waals surface area contributed by atoms with Crippen LogP contribution in [0, 0.1) is 27.7 Å². The average Bonchev–Trinajstić information content (AvgIpc) is 3.27. The van der Waals surface area contributed by atoms with Gasteiger partial charge in [-0.3, -0.25) is 0 Å². The molecular weight excluding hydrogens is 801 g/mol. The molecule has 0 aliphatic heterocycles. The van der Waals surface area contributed by atoms with Crippen molar-refractivity contribution in [1.29, 1.82) is 0 Å². The summed E-state index contributed by atoms with van der Waals surface area (Å²) in [6.07, 6.45) is 9.53. The summed E-state index contributed by atoms with van der Waals surface area (Å²) in [4.78, 5) is 0. The molecule has 0 amide bonds. The third-order valence-electron chi connectivity index (χ3n) is 11.6. The van der Waals surface area contributed by atoms with Gasteiger partial charge < -0.3 is 37.9 Å². The van der Waals surface area contributed by atoms with Crippen LogP contribution in [0.1, 0.15) is 174 Å². The summed E-state index contributed by atoms with van der Waals surface area (Å²) in [7, 11) is 0. The van der Waals surface area contributed by atoms with Gasteiger partial charge in [0.15, 0.2) is 0 Å². The molecule has 0 N–H and O–H groups in total. The monoisotopic (exact) mass is 881 g/mol. The van der Waals surface area contributed by atoms with E-state index < -0.39 is 0 Å². The Morgan fingerprint density at radius 3 is 0.484 bits per heavy atom. The van der Waals surface area contributed by atoms with E-state index in [1.54, 1.807) is 0 Å². The van der Waals surface area contributed by atoms with E-state index in [0.717, 1.165) is 164 Å². The molecule has 1 aliphatic rings. The maximum absolute atomic E-state index is 6.74. The largest absolute Gasteiger partial charge is 0.493 e. The van der Waals surface area contributed by atoms with Crippen LogP contribution in [0.15, 0.2) is 24.3 Å². The van der Waals surface area contributed by atoms with Gasteiger partial charge in [-0.2, -0.15) is 0 Å². The molecule has 0 aromatic heterocycles. The van der Waals surface area contributed by atoms with Crippen molar-refractivity contribution < 1.29 is 37.9 Å². The molecule has 352 valence electrons. The Morgan fingerprint density at radius 2 is 0.375 bits per heavy atom. The molecule has 0 unspecified atom stereocenters. The molecule has 8 bridgehead atoms. The maximum atomic E-state index is 6.74. The smallest absolute Gasteiger partial charge is 0.129 e. The second kappa shape index (κ2) is 25.1. The van der Waals surface area contributed by atoms with E-state index >= 15 is 0 Å². The number of hydrogen-bond acceptors (Lipinski definition) is 8. The molecule has 4 aromatic rings. The van der Waals surface area contributed by atoms with E-state index in [0.29, 0.717) is 78.5 Å². The zero-order chi connectivity index (χ0) is 46.2. The van der Waals surface area contributed by atoms with Crippen LogP contribution in [0.2, 0.25) is 0 Å².